The summed E-state index contributed by atoms with van der Waals surface area (Å²) in [7, 11) is 0. The molecule has 0 nitrogen and oxygen atoms in total. The van der Waals surface area contributed by atoms with Gasteiger partial charge in [-0.05, 0) is 0 Å². The third-order valence-electron chi connectivity index (χ3n) is 2.59. The lowest BCUT2D eigenvalue weighted by atomic mass is 9.07. The van der Waals surface area contributed by atoms with Crippen LogP contribution in [0.4, 0.5) is 0 Å². The van der Waals surface area contributed by atoms with Gasteiger partial charge < -0.3 is 0 Å². The van der Waals surface area contributed by atoms with Gasteiger partial charge >= 0.3 is 0 Å². The maximum Gasteiger partial charge on any atom is 0.109 e. The Hall–Kier alpha value is 0.130. The van der Waals surface area contributed by atoms with E-state index >= 15 is 0 Å². The van der Waals surface area contributed by atoms with Gasteiger partial charge in [0.15, 0.2) is 0 Å². The molecule has 0 spiro atoms. The molecule has 0 aromatic heterocycles. The van der Waals surface area contributed by atoms with E-state index in [4.69, 9.17) is 0 Å². The van der Waals surface area contributed by atoms with Crippen LogP contribution < -0.4 is 0 Å². The minimum absolute atomic E-state index is 0.847. The molecule has 0 bridgehead atoms. The number of hydrogen-bond donors (Lipinski definition) is 0. The van der Waals surface area contributed by atoms with Gasteiger partial charge in [0.2, 0.25) is 0 Å². The fourth-order valence-corrected chi connectivity index (χ4v) is 1.03. The van der Waals surface area contributed by atoms with Crippen LogP contribution in [0, 0.1) is 0 Å². The van der Waals surface area contributed by atoms with Crippen molar-refractivity contribution in [3.05, 3.63) is 0 Å². The first-order valence-electron chi connectivity index (χ1n) is 4.09. The summed E-state index contributed by atoms with van der Waals surface area (Å²) in [6.45, 7) is 13.3. The maximum absolute atomic E-state index is 2.35. The lowest BCUT2D eigenvalue weighted by molar-refractivity contribution is 0.865. The summed E-state index contributed by atoms with van der Waals surface area (Å²) in [5, 5.41) is 0. The van der Waals surface area contributed by atoms with E-state index in [2.05, 4.69) is 34.3 Å². The van der Waals surface area contributed by atoms with Crippen LogP contribution >= 0.6 is 0 Å². The molecule has 0 aliphatic carbocycles. The van der Waals surface area contributed by atoms with Crippen molar-refractivity contribution in [1.29, 1.82) is 0 Å². The molecule has 0 radical (unpaired) electrons. The van der Waals surface area contributed by atoms with Gasteiger partial charge in [-0.15, -0.1) is 0 Å². The summed E-state index contributed by atoms with van der Waals surface area (Å²) in [5.74, 6) is 0.894. The molecule has 0 heterocycles. The van der Waals surface area contributed by atoms with Crippen LogP contribution in [0.25, 0.3) is 0 Å². The van der Waals surface area contributed by atoms with Gasteiger partial charge in [0.1, 0.15) is 13.2 Å². The zero-order valence-corrected chi connectivity index (χ0v) is 7.44. The van der Waals surface area contributed by atoms with Crippen LogP contribution in [0.3, 0.4) is 0 Å². The van der Waals surface area contributed by atoms with E-state index in [9.17, 15) is 0 Å². The van der Waals surface area contributed by atoms with Crippen LogP contribution in [0.1, 0.15) is 20.3 Å². The van der Waals surface area contributed by atoms with E-state index in [0.29, 0.717) is 0 Å². The fraction of sp³-hybridized carbons (Fsp3) is 1.00. The van der Waals surface area contributed by atoms with Crippen molar-refractivity contribution in [2.45, 2.75) is 46.6 Å². The number of rotatable bonds is 3. The van der Waals surface area contributed by atoms with Crippen molar-refractivity contribution in [3.63, 3.8) is 0 Å². The minimum Gasteiger partial charge on any atom is -0.0922 e. The highest BCUT2D eigenvalue weighted by atomic mass is 13.8. The molecule has 0 amide bonds. The van der Waals surface area contributed by atoms with Crippen LogP contribution in [0.2, 0.25) is 26.3 Å². The molecule has 52 valence electrons. The van der Waals surface area contributed by atoms with Gasteiger partial charge in [0, 0.05) is 0 Å². The maximum atomic E-state index is 2.35. The van der Waals surface area contributed by atoms with Crippen molar-refractivity contribution in [2.24, 2.45) is 0 Å². The van der Waals surface area contributed by atoms with Crippen molar-refractivity contribution in [3.8, 4) is 0 Å². The van der Waals surface area contributed by atoms with Gasteiger partial charge in [0.05, 0.1) is 0 Å². The highest BCUT2D eigenvalue weighted by Gasteiger charge is 2.19. The summed E-state index contributed by atoms with van der Waals surface area (Å²) in [6, 6.07) is 0. The van der Waals surface area contributed by atoms with E-state index in [-0.39, 0.29) is 0 Å². The third-order valence-corrected chi connectivity index (χ3v) is 2.59. The van der Waals surface area contributed by atoms with E-state index in [1.165, 1.54) is 6.42 Å². The van der Waals surface area contributed by atoms with Crippen molar-refractivity contribution in [1.82, 2.24) is 0 Å². The highest BCUT2D eigenvalue weighted by molar-refractivity contribution is 7.21. The van der Waals surface area contributed by atoms with Crippen molar-refractivity contribution < 1.29 is 0 Å². The summed E-state index contributed by atoms with van der Waals surface area (Å²) in [4.78, 5) is 0. The van der Waals surface area contributed by atoms with Gasteiger partial charge in [-0.25, -0.2) is 0 Å². The van der Waals surface area contributed by atoms with E-state index < -0.39 is 0 Å². The van der Waals surface area contributed by atoms with Crippen LogP contribution in [-0.4, -0.2) is 13.2 Å². The molecule has 0 aliphatic heterocycles. The second-order valence-electron chi connectivity index (χ2n) is 3.49. The largest absolute Gasteiger partial charge is 0.109 e. The molecule has 0 rings (SSSR count). The smallest absolute Gasteiger partial charge is 0.0922 e. The molecule has 2 heteroatoms. The summed E-state index contributed by atoms with van der Waals surface area (Å²) >= 11 is 0. The zero-order chi connectivity index (χ0) is 7.44. The molecular formula is C7H18B2. The lowest BCUT2D eigenvalue weighted by Gasteiger charge is -2.16. The molecule has 0 saturated heterocycles. The predicted octanol–water partition coefficient (Wildman–Crippen LogP) is 2.74. The van der Waals surface area contributed by atoms with Crippen LogP contribution in [0.15, 0.2) is 0 Å². The monoisotopic (exact) mass is 124 g/mol. The molecule has 0 aromatic rings. The Morgan fingerprint density at radius 1 is 1.22 bits per heavy atom. The molecule has 0 aromatic carbocycles. The topological polar surface area (TPSA) is 0 Å². The standard InChI is InChI=1S/C7H18B2/c1-6-7(2)9(5)8(3)4/h7H,6H2,1-5H3. The fourth-order valence-electron chi connectivity index (χ4n) is 1.03. The first-order valence-corrected chi connectivity index (χ1v) is 4.09. The Kier molecular flexibility index (Phi) is 4.09. The Labute approximate surface area is 60.6 Å². The Balaban J connectivity index is 3.58. The van der Waals surface area contributed by atoms with Gasteiger partial charge in [-0.2, -0.15) is 0 Å². The zero-order valence-electron chi connectivity index (χ0n) is 7.44. The van der Waals surface area contributed by atoms with E-state index in [1.54, 1.807) is 0 Å². The van der Waals surface area contributed by atoms with Gasteiger partial charge in [-0.1, -0.05) is 46.6 Å². The van der Waals surface area contributed by atoms with Gasteiger partial charge in [0.25, 0.3) is 0 Å². The van der Waals surface area contributed by atoms with Crippen LogP contribution in [-0.2, 0) is 0 Å². The Morgan fingerprint density at radius 2 is 1.67 bits per heavy atom. The van der Waals surface area contributed by atoms with E-state index in [0.717, 1.165) is 19.0 Å². The van der Waals surface area contributed by atoms with E-state index in [1.807, 2.05) is 0 Å². The molecule has 1 unspecified atom stereocenters. The molecular weight excluding hydrogens is 106 g/mol. The average Bonchev–Trinajstić information content (AvgIpc) is 1.84. The second-order valence-corrected chi connectivity index (χ2v) is 3.49. The number of hydrogen-bond acceptors (Lipinski definition) is 0. The summed E-state index contributed by atoms with van der Waals surface area (Å²) in [5.41, 5.74) is 0. The molecule has 0 aliphatic rings. The average molecular weight is 124 g/mol. The lowest BCUT2D eigenvalue weighted by Crippen LogP contribution is -2.29. The summed E-state index contributed by atoms with van der Waals surface area (Å²) < 4.78 is 0. The second kappa shape index (κ2) is 4.03. The first-order chi connectivity index (χ1) is 4.09. The highest BCUT2D eigenvalue weighted by Crippen LogP contribution is 2.14. The quantitative estimate of drug-likeness (QED) is 0.507. The molecule has 0 fully saturated rings. The normalized spacial score (nSPS) is 13.0. The molecule has 9 heavy (non-hydrogen) atoms. The summed E-state index contributed by atoms with van der Waals surface area (Å²) in [6.07, 6.45) is 1.32. The van der Waals surface area contributed by atoms with Crippen LogP contribution in [0.5, 0.6) is 0 Å². The third kappa shape index (κ3) is 2.98. The minimum atomic E-state index is 0.847. The SMILES string of the molecule is CCC(C)B(C)B(C)C. The Morgan fingerprint density at radius 3 is 1.78 bits per heavy atom. The molecule has 1 atom stereocenters. The predicted molar refractivity (Wildman–Crippen MR) is 48.8 cm³/mol. The van der Waals surface area contributed by atoms with Gasteiger partial charge in [-0.3, -0.25) is 0 Å². The Bertz CT molecular complexity index is 71.3. The molecule has 0 N–H and O–H groups in total. The van der Waals surface area contributed by atoms with Crippen molar-refractivity contribution in [2.75, 3.05) is 0 Å². The first kappa shape index (κ1) is 9.13. The molecule has 0 saturated carbocycles. The van der Waals surface area contributed by atoms with Crippen molar-refractivity contribution >= 4 is 13.2 Å².